The Labute approximate surface area is 129 Å². The van der Waals surface area contributed by atoms with Crippen LogP contribution in [-0.4, -0.2) is 17.4 Å². The highest BCUT2D eigenvalue weighted by molar-refractivity contribution is 6.02. The number of carbonyl (C=O) groups is 1. The van der Waals surface area contributed by atoms with Crippen LogP contribution in [0.4, 0.5) is 5.69 Å². The third kappa shape index (κ3) is 3.43. The number of aromatic nitrogens is 1. The van der Waals surface area contributed by atoms with Crippen molar-refractivity contribution in [1.29, 1.82) is 0 Å². The van der Waals surface area contributed by atoms with Crippen molar-refractivity contribution in [3.8, 4) is 0 Å². The Morgan fingerprint density at radius 1 is 1.48 bits per heavy atom. The summed E-state index contributed by atoms with van der Waals surface area (Å²) < 4.78 is 5.43. The summed E-state index contributed by atoms with van der Waals surface area (Å²) in [5.74, 6) is 0.899. The maximum atomic E-state index is 12.1. The van der Waals surface area contributed by atoms with Gasteiger partial charge in [0.2, 0.25) is 0 Å². The van der Waals surface area contributed by atoms with Crippen LogP contribution < -0.4 is 10.6 Å². The number of furan rings is 1. The molecule has 1 amide bonds. The topological polar surface area (TPSA) is 67.2 Å². The van der Waals surface area contributed by atoms with Crippen molar-refractivity contribution in [3.63, 3.8) is 0 Å². The molecule has 0 atom stereocenters. The minimum absolute atomic E-state index is 0. The minimum Gasteiger partial charge on any atom is -0.456 e. The first-order valence-corrected chi connectivity index (χ1v) is 6.85. The summed E-state index contributed by atoms with van der Waals surface area (Å²) in [6.45, 7) is 3.74. The number of halogens is 1. The average Bonchev–Trinajstić information content (AvgIpc) is 2.96. The molecule has 1 aliphatic heterocycles. The Morgan fingerprint density at radius 3 is 3.10 bits per heavy atom. The maximum Gasteiger partial charge on any atom is 0.291 e. The fraction of sp³-hybridized carbons (Fsp3) is 0.333. The van der Waals surface area contributed by atoms with Crippen LogP contribution in [0, 0.1) is 0 Å². The van der Waals surface area contributed by atoms with Crippen LogP contribution in [0.3, 0.4) is 0 Å². The predicted molar refractivity (Wildman–Crippen MR) is 82.9 cm³/mol. The SMILES string of the molecule is CCc1ccc(C(=O)Nc2cnc3c(c2)CNCC3)o1.Cl. The number of nitrogens with zero attached hydrogens (tertiary/aromatic N) is 1. The summed E-state index contributed by atoms with van der Waals surface area (Å²) in [5, 5.41) is 6.12. The Balaban J connectivity index is 0.00000161. The van der Waals surface area contributed by atoms with E-state index in [-0.39, 0.29) is 18.3 Å². The summed E-state index contributed by atoms with van der Waals surface area (Å²) >= 11 is 0. The quantitative estimate of drug-likeness (QED) is 0.914. The van der Waals surface area contributed by atoms with Crippen molar-refractivity contribution < 1.29 is 9.21 Å². The third-order valence-corrected chi connectivity index (χ3v) is 3.41. The van der Waals surface area contributed by atoms with Gasteiger partial charge in [0.25, 0.3) is 5.91 Å². The summed E-state index contributed by atoms with van der Waals surface area (Å²) in [7, 11) is 0. The van der Waals surface area contributed by atoms with Gasteiger partial charge in [-0.25, -0.2) is 0 Å². The fourth-order valence-corrected chi connectivity index (χ4v) is 2.30. The van der Waals surface area contributed by atoms with Gasteiger partial charge in [0.15, 0.2) is 5.76 Å². The molecule has 0 aliphatic carbocycles. The molecule has 6 heteroatoms. The van der Waals surface area contributed by atoms with E-state index >= 15 is 0 Å². The third-order valence-electron chi connectivity index (χ3n) is 3.41. The zero-order valence-corrected chi connectivity index (χ0v) is 12.6. The molecule has 2 aromatic heterocycles. The molecule has 0 fully saturated rings. The second kappa shape index (κ2) is 6.74. The van der Waals surface area contributed by atoms with Gasteiger partial charge in [0.1, 0.15) is 5.76 Å². The second-order valence-electron chi connectivity index (χ2n) is 4.83. The van der Waals surface area contributed by atoms with Crippen LogP contribution in [0.1, 0.15) is 34.5 Å². The van der Waals surface area contributed by atoms with Gasteiger partial charge in [-0.3, -0.25) is 9.78 Å². The molecule has 0 spiro atoms. The average molecular weight is 308 g/mol. The molecule has 3 rings (SSSR count). The van der Waals surface area contributed by atoms with Gasteiger partial charge >= 0.3 is 0 Å². The zero-order valence-electron chi connectivity index (χ0n) is 11.8. The van der Waals surface area contributed by atoms with Crippen molar-refractivity contribution in [2.24, 2.45) is 0 Å². The minimum atomic E-state index is -0.241. The number of amides is 1. The van der Waals surface area contributed by atoms with Gasteiger partial charge in [-0.05, 0) is 23.8 Å². The van der Waals surface area contributed by atoms with E-state index in [2.05, 4.69) is 15.6 Å². The smallest absolute Gasteiger partial charge is 0.291 e. The molecular weight excluding hydrogens is 290 g/mol. The van der Waals surface area contributed by atoms with Crippen molar-refractivity contribution >= 4 is 24.0 Å². The van der Waals surface area contributed by atoms with E-state index in [9.17, 15) is 4.79 Å². The van der Waals surface area contributed by atoms with E-state index in [4.69, 9.17) is 4.42 Å². The molecule has 0 saturated carbocycles. The standard InChI is InChI=1S/C15H17N3O2.ClH/c1-2-12-3-4-14(20-12)15(19)18-11-7-10-8-16-6-5-13(10)17-9-11;/h3-4,7,9,16H,2,5-6,8H2,1H3,(H,18,19);1H. The maximum absolute atomic E-state index is 12.1. The molecule has 0 radical (unpaired) electrons. The lowest BCUT2D eigenvalue weighted by Crippen LogP contribution is -2.24. The molecular formula is C15H18ClN3O2. The van der Waals surface area contributed by atoms with E-state index in [0.29, 0.717) is 11.4 Å². The molecule has 2 N–H and O–H groups in total. The molecule has 0 unspecified atom stereocenters. The lowest BCUT2D eigenvalue weighted by atomic mass is 10.1. The van der Waals surface area contributed by atoms with E-state index in [1.165, 1.54) is 0 Å². The van der Waals surface area contributed by atoms with E-state index in [1.807, 2.05) is 19.1 Å². The number of pyridine rings is 1. The summed E-state index contributed by atoms with van der Waals surface area (Å²) in [6.07, 6.45) is 3.41. The molecule has 3 heterocycles. The fourth-order valence-electron chi connectivity index (χ4n) is 2.30. The normalized spacial score (nSPS) is 13.2. The zero-order chi connectivity index (χ0) is 13.9. The van der Waals surface area contributed by atoms with Crippen molar-refractivity contribution in [3.05, 3.63) is 47.2 Å². The number of nitrogens with one attached hydrogen (secondary N) is 2. The Hall–Kier alpha value is -1.85. The molecule has 1 aliphatic rings. The Morgan fingerprint density at radius 2 is 2.33 bits per heavy atom. The van der Waals surface area contributed by atoms with Gasteiger partial charge < -0.3 is 15.1 Å². The summed E-state index contributed by atoms with van der Waals surface area (Å²) in [5.41, 5.74) is 2.95. The van der Waals surface area contributed by atoms with Gasteiger partial charge in [-0.2, -0.15) is 0 Å². The van der Waals surface area contributed by atoms with Crippen LogP contribution in [0.15, 0.2) is 28.8 Å². The lowest BCUT2D eigenvalue weighted by molar-refractivity contribution is 0.0995. The van der Waals surface area contributed by atoms with Crippen LogP contribution in [0.5, 0.6) is 0 Å². The van der Waals surface area contributed by atoms with E-state index in [1.54, 1.807) is 12.3 Å². The molecule has 5 nitrogen and oxygen atoms in total. The van der Waals surface area contributed by atoms with Gasteiger partial charge in [0, 0.05) is 31.6 Å². The lowest BCUT2D eigenvalue weighted by Gasteiger charge is -2.16. The first-order chi connectivity index (χ1) is 9.76. The Kier molecular flexibility index (Phi) is 4.98. The number of aryl methyl sites for hydroxylation is 1. The molecule has 112 valence electrons. The molecule has 21 heavy (non-hydrogen) atoms. The van der Waals surface area contributed by atoms with Crippen LogP contribution in [-0.2, 0) is 19.4 Å². The predicted octanol–water partition coefficient (Wildman–Crippen LogP) is 2.56. The number of fused-ring (bicyclic) bond motifs is 1. The highest BCUT2D eigenvalue weighted by atomic mass is 35.5. The molecule has 0 bridgehead atoms. The van der Waals surface area contributed by atoms with Gasteiger partial charge in [-0.15, -0.1) is 12.4 Å². The van der Waals surface area contributed by atoms with E-state index < -0.39 is 0 Å². The van der Waals surface area contributed by atoms with Crippen molar-refractivity contribution in [2.45, 2.75) is 26.3 Å². The first-order valence-electron chi connectivity index (χ1n) is 6.85. The number of hydrogen-bond donors (Lipinski definition) is 2. The second-order valence-corrected chi connectivity index (χ2v) is 4.83. The summed E-state index contributed by atoms with van der Waals surface area (Å²) in [6, 6.07) is 5.49. The van der Waals surface area contributed by atoms with Crippen LogP contribution in [0.25, 0.3) is 0 Å². The largest absolute Gasteiger partial charge is 0.456 e. The number of carbonyl (C=O) groups excluding carboxylic acids is 1. The number of rotatable bonds is 3. The van der Waals surface area contributed by atoms with Gasteiger partial charge in [-0.1, -0.05) is 6.92 Å². The Bertz CT molecular complexity index is 640. The molecule has 0 saturated heterocycles. The molecule has 0 aromatic carbocycles. The number of hydrogen-bond acceptors (Lipinski definition) is 4. The van der Waals surface area contributed by atoms with E-state index in [0.717, 1.165) is 42.9 Å². The van der Waals surface area contributed by atoms with Crippen LogP contribution in [0.2, 0.25) is 0 Å². The highest BCUT2D eigenvalue weighted by Crippen LogP contribution is 2.17. The van der Waals surface area contributed by atoms with Crippen molar-refractivity contribution in [2.75, 3.05) is 11.9 Å². The van der Waals surface area contributed by atoms with Gasteiger partial charge in [0.05, 0.1) is 11.9 Å². The monoisotopic (exact) mass is 307 g/mol. The summed E-state index contributed by atoms with van der Waals surface area (Å²) in [4.78, 5) is 16.5. The highest BCUT2D eigenvalue weighted by Gasteiger charge is 2.14. The van der Waals surface area contributed by atoms with Crippen molar-refractivity contribution in [1.82, 2.24) is 10.3 Å². The molecule has 2 aromatic rings. The first kappa shape index (κ1) is 15.5. The number of anilines is 1. The van der Waals surface area contributed by atoms with Crippen LogP contribution >= 0.6 is 12.4 Å².